The average Bonchev–Trinajstić information content (AvgIpc) is 2.43. The van der Waals surface area contributed by atoms with Crippen LogP contribution < -0.4 is 5.32 Å². The first-order valence-corrected chi connectivity index (χ1v) is 6.76. The molecule has 0 radical (unpaired) electrons. The molecule has 3 aliphatic rings. The van der Waals surface area contributed by atoms with Gasteiger partial charge in [-0.25, -0.2) is 13.6 Å². The number of benzene rings is 1. The number of hydrogen-bond donors (Lipinski definition) is 2. The van der Waals surface area contributed by atoms with Crippen LogP contribution in [0.1, 0.15) is 23.2 Å². The molecule has 3 heterocycles. The zero-order valence-corrected chi connectivity index (χ0v) is 10.9. The van der Waals surface area contributed by atoms with E-state index in [2.05, 4.69) is 10.2 Å². The van der Waals surface area contributed by atoms with Gasteiger partial charge >= 0.3 is 5.97 Å². The summed E-state index contributed by atoms with van der Waals surface area (Å²) in [5, 5.41) is 11.9. The molecule has 0 aliphatic carbocycles. The first-order valence-electron chi connectivity index (χ1n) is 6.76. The molecule has 2 bridgehead atoms. The lowest BCUT2D eigenvalue weighted by molar-refractivity contribution is 0.0691. The Morgan fingerprint density at radius 1 is 1.25 bits per heavy atom. The predicted molar refractivity (Wildman–Crippen MR) is 69.9 cm³/mol. The molecule has 1 aromatic rings. The van der Waals surface area contributed by atoms with Gasteiger partial charge in [0, 0.05) is 18.7 Å². The Bertz CT molecular complexity index is 542. The van der Waals surface area contributed by atoms with Crippen LogP contribution in [0.3, 0.4) is 0 Å². The molecule has 1 atom stereocenters. The Hall–Kier alpha value is -1.69. The third-order valence-electron chi connectivity index (χ3n) is 4.28. The van der Waals surface area contributed by atoms with E-state index < -0.39 is 23.2 Å². The molecular formula is C14H16F2N2O2. The van der Waals surface area contributed by atoms with Gasteiger partial charge in [-0.3, -0.25) is 0 Å². The number of carbonyl (C=O) groups is 1. The lowest BCUT2D eigenvalue weighted by Crippen LogP contribution is -2.53. The van der Waals surface area contributed by atoms with Crippen LogP contribution in [-0.4, -0.2) is 41.7 Å². The summed E-state index contributed by atoms with van der Waals surface area (Å²) in [6.07, 6.45) is 2.12. The van der Waals surface area contributed by atoms with Gasteiger partial charge in [0.15, 0.2) is 0 Å². The van der Waals surface area contributed by atoms with Crippen LogP contribution in [0.5, 0.6) is 0 Å². The molecule has 4 rings (SSSR count). The van der Waals surface area contributed by atoms with Gasteiger partial charge in [-0.1, -0.05) is 0 Å². The first kappa shape index (κ1) is 13.3. The molecule has 1 aromatic carbocycles. The minimum atomic E-state index is -1.39. The van der Waals surface area contributed by atoms with Crippen LogP contribution in [0, 0.1) is 17.6 Å². The zero-order chi connectivity index (χ0) is 14.3. The van der Waals surface area contributed by atoms with Crippen molar-refractivity contribution in [2.24, 2.45) is 5.92 Å². The number of nitrogens with one attached hydrogen (secondary N) is 1. The Morgan fingerprint density at radius 2 is 1.95 bits per heavy atom. The number of fused-ring (bicyclic) bond motifs is 3. The number of halogens is 2. The second-order valence-corrected chi connectivity index (χ2v) is 5.51. The molecule has 0 amide bonds. The molecule has 4 nitrogen and oxygen atoms in total. The summed E-state index contributed by atoms with van der Waals surface area (Å²) in [6.45, 7) is 2.95. The maximum Gasteiger partial charge on any atom is 0.338 e. The summed E-state index contributed by atoms with van der Waals surface area (Å²) in [7, 11) is 0. The van der Waals surface area contributed by atoms with Gasteiger partial charge in [-0.2, -0.15) is 0 Å². The fraction of sp³-hybridized carbons (Fsp3) is 0.500. The van der Waals surface area contributed by atoms with Crippen molar-refractivity contribution in [2.75, 3.05) is 25.0 Å². The minimum Gasteiger partial charge on any atom is -0.478 e. The van der Waals surface area contributed by atoms with Crippen LogP contribution in [0.15, 0.2) is 12.1 Å². The van der Waals surface area contributed by atoms with Crippen molar-refractivity contribution in [2.45, 2.75) is 18.9 Å². The number of rotatable bonds is 3. The zero-order valence-electron chi connectivity index (χ0n) is 10.9. The molecule has 2 N–H and O–H groups in total. The molecule has 1 unspecified atom stereocenters. The smallest absolute Gasteiger partial charge is 0.338 e. The molecule has 6 heteroatoms. The van der Waals surface area contributed by atoms with Gasteiger partial charge in [0.25, 0.3) is 0 Å². The molecule has 0 aromatic heterocycles. The molecule has 3 saturated heterocycles. The summed E-state index contributed by atoms with van der Waals surface area (Å²) in [6, 6.07) is 1.77. The van der Waals surface area contributed by atoms with E-state index in [1.807, 2.05) is 0 Å². The number of nitrogens with zero attached hydrogens (tertiary/aromatic N) is 1. The number of hydrogen-bond acceptors (Lipinski definition) is 3. The number of piperidine rings is 3. The van der Waals surface area contributed by atoms with E-state index in [1.165, 1.54) is 0 Å². The SMILES string of the molecule is O=C(O)c1cc(NC2CN3CCC2CC3)c(F)cc1F. The fourth-order valence-electron chi connectivity index (χ4n) is 3.15. The van der Waals surface area contributed by atoms with E-state index in [1.54, 1.807) is 0 Å². The largest absolute Gasteiger partial charge is 0.478 e. The van der Waals surface area contributed by atoms with Gasteiger partial charge < -0.3 is 15.3 Å². The highest BCUT2D eigenvalue weighted by Gasteiger charge is 2.34. The summed E-state index contributed by atoms with van der Waals surface area (Å²) in [5.41, 5.74) is -0.433. The van der Waals surface area contributed by atoms with Crippen LogP contribution in [0.2, 0.25) is 0 Å². The molecule has 0 spiro atoms. The molecule has 3 aliphatic heterocycles. The maximum absolute atomic E-state index is 13.8. The van der Waals surface area contributed by atoms with Crippen molar-refractivity contribution in [3.63, 3.8) is 0 Å². The third-order valence-corrected chi connectivity index (χ3v) is 4.28. The van der Waals surface area contributed by atoms with Crippen molar-refractivity contribution in [3.8, 4) is 0 Å². The summed E-state index contributed by atoms with van der Waals surface area (Å²) in [5.74, 6) is -2.71. The van der Waals surface area contributed by atoms with Crippen molar-refractivity contribution < 1.29 is 18.7 Å². The van der Waals surface area contributed by atoms with Crippen LogP contribution in [-0.2, 0) is 0 Å². The van der Waals surface area contributed by atoms with E-state index >= 15 is 0 Å². The summed E-state index contributed by atoms with van der Waals surface area (Å²) in [4.78, 5) is 13.2. The highest BCUT2D eigenvalue weighted by molar-refractivity contribution is 5.89. The maximum atomic E-state index is 13.8. The van der Waals surface area contributed by atoms with Crippen LogP contribution in [0.25, 0.3) is 0 Å². The van der Waals surface area contributed by atoms with E-state index in [4.69, 9.17) is 5.11 Å². The van der Waals surface area contributed by atoms with Gasteiger partial charge in [0.05, 0.1) is 11.3 Å². The van der Waals surface area contributed by atoms with Crippen molar-refractivity contribution in [1.82, 2.24) is 4.90 Å². The Kier molecular flexibility index (Phi) is 3.33. The van der Waals surface area contributed by atoms with Crippen molar-refractivity contribution in [1.29, 1.82) is 0 Å². The Labute approximate surface area is 115 Å². The van der Waals surface area contributed by atoms with Crippen molar-refractivity contribution >= 4 is 11.7 Å². The van der Waals surface area contributed by atoms with Gasteiger partial charge in [-0.05, 0) is 37.9 Å². The van der Waals surface area contributed by atoms with Crippen LogP contribution in [0.4, 0.5) is 14.5 Å². The topological polar surface area (TPSA) is 52.6 Å². The van der Waals surface area contributed by atoms with E-state index in [-0.39, 0.29) is 11.7 Å². The number of carboxylic acids is 1. The lowest BCUT2D eigenvalue weighted by Gasteiger charge is -2.45. The number of anilines is 1. The summed E-state index contributed by atoms with van der Waals surface area (Å²) < 4.78 is 27.1. The average molecular weight is 282 g/mol. The van der Waals surface area contributed by atoms with E-state index in [9.17, 15) is 13.6 Å². The van der Waals surface area contributed by atoms with Gasteiger partial charge in [0.2, 0.25) is 0 Å². The van der Waals surface area contributed by atoms with Crippen molar-refractivity contribution in [3.05, 3.63) is 29.3 Å². The summed E-state index contributed by atoms with van der Waals surface area (Å²) >= 11 is 0. The Morgan fingerprint density at radius 3 is 2.50 bits per heavy atom. The van der Waals surface area contributed by atoms with Gasteiger partial charge in [0.1, 0.15) is 11.6 Å². The van der Waals surface area contributed by atoms with E-state index in [0.717, 1.165) is 38.5 Å². The molecule has 108 valence electrons. The molecular weight excluding hydrogens is 266 g/mol. The fourth-order valence-corrected chi connectivity index (χ4v) is 3.15. The third kappa shape index (κ3) is 2.35. The number of aromatic carboxylic acids is 1. The van der Waals surface area contributed by atoms with Crippen LogP contribution >= 0.6 is 0 Å². The predicted octanol–water partition coefficient (Wildman–Crippen LogP) is 2.17. The highest BCUT2D eigenvalue weighted by Crippen LogP contribution is 2.31. The first-order chi connectivity index (χ1) is 9.54. The second-order valence-electron chi connectivity index (χ2n) is 5.51. The molecule has 3 fully saturated rings. The minimum absolute atomic E-state index is 0.0718. The van der Waals surface area contributed by atoms with E-state index in [0.29, 0.717) is 12.0 Å². The standard InChI is InChI=1S/C14H16F2N2O2/c15-10-6-11(16)12(5-9(10)14(19)20)17-13-7-18-3-1-8(13)2-4-18/h5-6,8,13,17H,1-4,7H2,(H,19,20). The van der Waals surface area contributed by atoms with Gasteiger partial charge in [-0.15, -0.1) is 0 Å². The second kappa shape index (κ2) is 5.01. The normalized spacial score (nSPS) is 28.4. The quantitative estimate of drug-likeness (QED) is 0.892. The molecule has 20 heavy (non-hydrogen) atoms. The lowest BCUT2D eigenvalue weighted by atomic mass is 9.84. The Balaban J connectivity index is 1.83. The highest BCUT2D eigenvalue weighted by atomic mass is 19.1. The monoisotopic (exact) mass is 282 g/mol. The molecule has 0 saturated carbocycles. The number of carboxylic acid groups (broad SMARTS) is 1.